The van der Waals surface area contributed by atoms with Crippen molar-refractivity contribution in [3.05, 3.63) is 30.0 Å². The highest BCUT2D eigenvalue weighted by Crippen LogP contribution is 2.27. The second-order valence-corrected chi connectivity index (χ2v) is 5.16. The van der Waals surface area contributed by atoms with E-state index in [4.69, 9.17) is 0 Å². The zero-order valence-electron chi connectivity index (χ0n) is 10.2. The summed E-state index contributed by atoms with van der Waals surface area (Å²) in [4.78, 5) is 0. The minimum absolute atomic E-state index is 0.234. The topological polar surface area (TPSA) is 12.9 Å². The summed E-state index contributed by atoms with van der Waals surface area (Å²) in [6.45, 7) is 10.7. The first-order valence-electron chi connectivity index (χ1n) is 5.42. The Morgan fingerprint density at radius 3 is 2.40 bits per heavy atom. The van der Waals surface area contributed by atoms with Crippen LogP contribution in [-0.4, -0.2) is 4.37 Å². The fraction of sp³-hybridized carbons (Fsp3) is 0.462. The number of benzene rings is 1. The molecule has 2 aromatic rings. The molecule has 0 unspecified atom stereocenters. The Kier molecular flexibility index (Phi) is 3.86. The van der Waals surface area contributed by atoms with Crippen LogP contribution < -0.4 is 0 Å². The van der Waals surface area contributed by atoms with Gasteiger partial charge < -0.3 is 0 Å². The van der Waals surface area contributed by atoms with Crippen LogP contribution in [-0.2, 0) is 5.41 Å². The lowest BCUT2D eigenvalue weighted by Crippen LogP contribution is -2.10. The van der Waals surface area contributed by atoms with E-state index in [1.807, 2.05) is 20.0 Å². The van der Waals surface area contributed by atoms with E-state index in [1.54, 1.807) is 11.5 Å². The van der Waals surface area contributed by atoms with Gasteiger partial charge in [0.25, 0.3) is 0 Å². The molecule has 0 aliphatic carbocycles. The van der Waals surface area contributed by atoms with Gasteiger partial charge in [-0.05, 0) is 28.6 Å². The first kappa shape index (κ1) is 12.2. The monoisotopic (exact) mass is 221 g/mol. The molecule has 0 aliphatic rings. The Labute approximate surface area is 96.3 Å². The first-order chi connectivity index (χ1) is 7.07. The van der Waals surface area contributed by atoms with Crippen molar-refractivity contribution >= 4 is 21.6 Å². The molecule has 0 amide bonds. The molecule has 1 nitrogen and oxygen atoms in total. The smallest absolute Gasteiger partial charge is 0.0552 e. The van der Waals surface area contributed by atoms with Gasteiger partial charge >= 0.3 is 0 Å². The summed E-state index contributed by atoms with van der Waals surface area (Å²) in [5, 5.41) is 1.25. The van der Waals surface area contributed by atoms with Gasteiger partial charge in [-0.25, -0.2) is 0 Å². The molecule has 1 aromatic heterocycles. The summed E-state index contributed by atoms with van der Waals surface area (Å²) in [6.07, 6.45) is 1.92. The third kappa shape index (κ3) is 2.78. The van der Waals surface area contributed by atoms with Gasteiger partial charge in [-0.2, -0.15) is 4.37 Å². The van der Waals surface area contributed by atoms with Gasteiger partial charge in [0.1, 0.15) is 0 Å². The van der Waals surface area contributed by atoms with E-state index in [2.05, 4.69) is 43.3 Å². The molecule has 0 N–H and O–H groups in total. The van der Waals surface area contributed by atoms with Gasteiger partial charge in [-0.1, -0.05) is 46.8 Å². The maximum Gasteiger partial charge on any atom is 0.0552 e. The Bertz CT molecular complexity index is 423. The molecule has 0 radical (unpaired) electrons. The number of fused-ring (bicyclic) bond motifs is 1. The normalized spacial score (nSPS) is 11.0. The molecule has 2 rings (SSSR count). The molecule has 0 spiro atoms. The average molecular weight is 221 g/mol. The van der Waals surface area contributed by atoms with Crippen molar-refractivity contribution in [1.29, 1.82) is 0 Å². The predicted octanol–water partition coefficient (Wildman–Crippen LogP) is 4.62. The first-order valence-corrected chi connectivity index (χ1v) is 6.20. The minimum atomic E-state index is 0.234. The van der Waals surface area contributed by atoms with E-state index in [1.165, 1.54) is 15.6 Å². The summed E-state index contributed by atoms with van der Waals surface area (Å²) >= 11 is 1.57. The molecular formula is C13H19NS. The molecule has 0 aliphatic heterocycles. The van der Waals surface area contributed by atoms with Crippen molar-refractivity contribution in [3.8, 4) is 0 Å². The highest BCUT2D eigenvalue weighted by molar-refractivity contribution is 7.13. The number of hydrogen-bond donors (Lipinski definition) is 0. The molecule has 1 aromatic carbocycles. The van der Waals surface area contributed by atoms with Crippen LogP contribution in [0.15, 0.2) is 24.4 Å². The van der Waals surface area contributed by atoms with Gasteiger partial charge in [-0.3, -0.25) is 0 Å². The highest BCUT2D eigenvalue weighted by Gasteiger charge is 2.13. The van der Waals surface area contributed by atoms with Crippen LogP contribution in [0.3, 0.4) is 0 Å². The number of nitrogens with zero attached hydrogens (tertiary/aromatic N) is 1. The lowest BCUT2D eigenvalue weighted by molar-refractivity contribution is 0.591. The Hall–Kier alpha value is -0.890. The maximum absolute atomic E-state index is 4.17. The van der Waals surface area contributed by atoms with Crippen LogP contribution in [0.2, 0.25) is 0 Å². The van der Waals surface area contributed by atoms with Gasteiger partial charge in [0.05, 0.1) is 4.70 Å². The zero-order chi connectivity index (χ0) is 11.5. The quantitative estimate of drug-likeness (QED) is 0.632. The maximum atomic E-state index is 4.17. The number of aromatic nitrogens is 1. The van der Waals surface area contributed by atoms with Gasteiger partial charge in [0, 0.05) is 11.6 Å². The van der Waals surface area contributed by atoms with E-state index in [9.17, 15) is 0 Å². The molecule has 0 saturated carbocycles. The standard InChI is InChI=1S/C11H13NS.C2H6/c1-11(2,3)9-5-4-8-7-12-13-10(8)6-9;1-2/h4-7H,1-3H3;1-2H3. The molecule has 82 valence electrons. The minimum Gasteiger partial charge on any atom is -0.200 e. The van der Waals surface area contributed by atoms with Gasteiger partial charge in [0.15, 0.2) is 0 Å². The SMILES string of the molecule is CC.CC(C)(C)c1ccc2cnsc2c1. The van der Waals surface area contributed by atoms with Crippen LogP contribution in [0.25, 0.3) is 10.1 Å². The molecule has 0 fully saturated rings. The van der Waals surface area contributed by atoms with Crippen LogP contribution in [0.5, 0.6) is 0 Å². The molecular weight excluding hydrogens is 202 g/mol. The molecule has 1 heterocycles. The number of rotatable bonds is 0. The largest absolute Gasteiger partial charge is 0.200 e. The third-order valence-electron chi connectivity index (χ3n) is 2.22. The van der Waals surface area contributed by atoms with Crippen LogP contribution >= 0.6 is 11.5 Å². The van der Waals surface area contributed by atoms with Crippen molar-refractivity contribution in [2.45, 2.75) is 40.0 Å². The lowest BCUT2D eigenvalue weighted by Gasteiger charge is -2.18. The van der Waals surface area contributed by atoms with Gasteiger partial charge in [0.2, 0.25) is 0 Å². The second-order valence-electron chi connectivity index (χ2n) is 4.33. The van der Waals surface area contributed by atoms with E-state index in [0.717, 1.165) is 0 Å². The fourth-order valence-electron chi connectivity index (χ4n) is 1.33. The fourth-order valence-corrected chi connectivity index (χ4v) is 2.01. The zero-order valence-corrected chi connectivity index (χ0v) is 11.0. The van der Waals surface area contributed by atoms with E-state index in [0.29, 0.717) is 0 Å². The van der Waals surface area contributed by atoms with Crippen molar-refractivity contribution in [3.63, 3.8) is 0 Å². The van der Waals surface area contributed by atoms with E-state index in [-0.39, 0.29) is 5.41 Å². The highest BCUT2D eigenvalue weighted by atomic mass is 32.1. The Morgan fingerprint density at radius 1 is 1.13 bits per heavy atom. The van der Waals surface area contributed by atoms with Crippen LogP contribution in [0.4, 0.5) is 0 Å². The average Bonchev–Trinajstić information content (AvgIpc) is 2.66. The summed E-state index contributed by atoms with van der Waals surface area (Å²) in [6, 6.07) is 6.59. The van der Waals surface area contributed by atoms with Crippen molar-refractivity contribution < 1.29 is 0 Å². The lowest BCUT2D eigenvalue weighted by atomic mass is 9.87. The van der Waals surface area contributed by atoms with Gasteiger partial charge in [-0.15, -0.1) is 0 Å². The molecule has 0 bridgehead atoms. The van der Waals surface area contributed by atoms with Crippen molar-refractivity contribution in [2.24, 2.45) is 0 Å². The summed E-state index contributed by atoms with van der Waals surface area (Å²) < 4.78 is 5.45. The Morgan fingerprint density at radius 2 is 1.80 bits per heavy atom. The van der Waals surface area contributed by atoms with Crippen molar-refractivity contribution in [1.82, 2.24) is 4.37 Å². The third-order valence-corrected chi connectivity index (χ3v) is 2.98. The number of hydrogen-bond acceptors (Lipinski definition) is 2. The Balaban J connectivity index is 0.000000531. The summed E-state index contributed by atoms with van der Waals surface area (Å²) in [7, 11) is 0. The van der Waals surface area contributed by atoms with E-state index >= 15 is 0 Å². The molecule has 2 heteroatoms. The molecule has 15 heavy (non-hydrogen) atoms. The van der Waals surface area contributed by atoms with E-state index < -0.39 is 0 Å². The predicted molar refractivity (Wildman–Crippen MR) is 69.7 cm³/mol. The second kappa shape index (κ2) is 4.75. The molecule has 0 saturated heterocycles. The summed E-state index contributed by atoms with van der Waals surface area (Å²) in [5.41, 5.74) is 1.61. The molecule has 0 atom stereocenters. The van der Waals surface area contributed by atoms with Crippen molar-refractivity contribution in [2.75, 3.05) is 0 Å². The van der Waals surface area contributed by atoms with Crippen LogP contribution in [0, 0.1) is 0 Å². The van der Waals surface area contributed by atoms with Crippen LogP contribution in [0.1, 0.15) is 40.2 Å². The summed E-state index contributed by atoms with van der Waals surface area (Å²) in [5.74, 6) is 0.